The van der Waals surface area contributed by atoms with Crippen LogP contribution in [0.1, 0.15) is 125 Å². The zero-order valence-electron chi connectivity index (χ0n) is 46.0. The van der Waals surface area contributed by atoms with Crippen LogP contribution in [0.15, 0.2) is 77.8 Å². The van der Waals surface area contributed by atoms with Gasteiger partial charge in [-0.15, -0.1) is 4.47 Å². The maximum atomic E-state index is 13.4. The molecule has 422 valence electrons. The fourth-order valence-electron chi connectivity index (χ4n) is 8.17. The Kier molecular flexibility index (Phi) is 26.2. The molecule has 0 aliphatic carbocycles. The van der Waals surface area contributed by atoms with Crippen molar-refractivity contribution in [2.24, 2.45) is 0 Å². The number of piperidine rings is 1. The Bertz CT molecular complexity index is 2630. The van der Waals surface area contributed by atoms with Gasteiger partial charge in [-0.3, -0.25) is 38.9 Å². The van der Waals surface area contributed by atoms with Gasteiger partial charge in [0.25, 0.3) is 11.8 Å². The molecule has 3 heterocycles. The first-order chi connectivity index (χ1) is 37.5. The van der Waals surface area contributed by atoms with Crippen molar-refractivity contribution in [3.8, 4) is 5.75 Å². The number of carbonyl (C=O) groups is 8. The molecule has 0 radical (unpaired) electrons. The number of imide groups is 1. The Morgan fingerprint density at radius 3 is 2.14 bits per heavy atom. The van der Waals surface area contributed by atoms with Crippen LogP contribution in [0, 0.1) is 6.92 Å². The summed E-state index contributed by atoms with van der Waals surface area (Å²) < 4.78 is 6.91. The van der Waals surface area contributed by atoms with Crippen LogP contribution in [-0.4, -0.2) is 142 Å². The maximum absolute atomic E-state index is 13.4. The molecule has 21 nitrogen and oxygen atoms in total. The number of hydroxylamine groups is 1. The summed E-state index contributed by atoms with van der Waals surface area (Å²) >= 11 is 1.26. The highest BCUT2D eigenvalue weighted by Gasteiger charge is 2.34. The van der Waals surface area contributed by atoms with Crippen LogP contribution in [0.25, 0.3) is 0 Å². The molecule has 1 unspecified atom stereocenters. The van der Waals surface area contributed by atoms with Crippen molar-refractivity contribution < 1.29 is 48.3 Å². The molecule has 1 atom stereocenters. The first kappa shape index (κ1) is 63.1. The quantitative estimate of drug-likeness (QED) is 0.0124. The Morgan fingerprint density at radius 2 is 1.50 bits per heavy atom. The summed E-state index contributed by atoms with van der Waals surface area (Å²) in [7, 11) is 1.41. The van der Waals surface area contributed by atoms with E-state index in [1.807, 2.05) is 102 Å². The molecule has 2 aliphatic heterocycles. The molecule has 2 aliphatic rings. The normalized spacial score (nSPS) is 14.1. The van der Waals surface area contributed by atoms with E-state index in [-0.39, 0.29) is 61.0 Å². The predicted molar refractivity (Wildman–Crippen MR) is 301 cm³/mol. The Morgan fingerprint density at radius 1 is 0.859 bits per heavy atom. The third-order valence-corrected chi connectivity index (χ3v) is 13.7. The lowest BCUT2D eigenvalue weighted by Crippen LogP contribution is -2.53. The van der Waals surface area contributed by atoms with Crippen LogP contribution in [0.5, 0.6) is 5.75 Å². The van der Waals surface area contributed by atoms with Crippen molar-refractivity contribution in [2.45, 2.75) is 122 Å². The lowest BCUT2D eigenvalue weighted by atomic mass is 10.0. The number of likely N-dealkylation sites (N-methyl/N-ethyl adjacent to an activating group) is 1. The van der Waals surface area contributed by atoms with Crippen molar-refractivity contribution in [2.75, 3.05) is 68.5 Å². The van der Waals surface area contributed by atoms with E-state index in [2.05, 4.69) is 36.5 Å². The van der Waals surface area contributed by atoms with E-state index in [4.69, 9.17) is 14.5 Å². The Hall–Kier alpha value is -7.43. The number of ether oxygens (including phenoxy) is 1. The molecule has 6 rings (SSSR count). The molecule has 6 N–H and O–H groups in total. The molecular formula is C56H77N11O10S. The van der Waals surface area contributed by atoms with E-state index in [1.54, 1.807) is 6.20 Å². The number of piperazine rings is 1. The number of rotatable bonds is 25. The van der Waals surface area contributed by atoms with E-state index >= 15 is 0 Å². The van der Waals surface area contributed by atoms with Crippen LogP contribution >= 0.6 is 11.9 Å². The maximum Gasteiger partial charge on any atom is 0.258 e. The molecule has 0 bridgehead atoms. The van der Waals surface area contributed by atoms with Gasteiger partial charge in [-0.1, -0.05) is 57.7 Å². The fraction of sp³-hybridized carbons (Fsp3) is 0.464. The molecule has 1 aromatic heterocycles. The van der Waals surface area contributed by atoms with Gasteiger partial charge in [0.05, 0.1) is 5.56 Å². The highest BCUT2D eigenvalue weighted by molar-refractivity contribution is 7.97. The standard InChI is InChI=1S/C53H69N11O9S.C2H6.CH2O/c1-36-33-56-52(60-49(36)57-39-15-13-16-41(32-39)74-64(72)53(2,3)4)58-38-18-20-40(21-19-38)62-28-30-63(31-29-62)47(69)25-24-44(66)54-26-10-8-6-7-9-11-27-55-46(68)35-73-43-17-12-14-37(34-65)48(43)51(71)61(5)42-22-23-45(67)59-50(42)70;2*1-2/h12-21,32-34,42,72H,6-11,22-31,35H2,1-5H3,(H,54,66)(H,55,68)(H,59,67,70)(H2,56,57,58,60);1-2H3;1H2. The van der Waals surface area contributed by atoms with Crippen molar-refractivity contribution in [3.05, 3.63) is 89.6 Å². The highest BCUT2D eigenvalue weighted by Crippen LogP contribution is 2.31. The minimum absolute atomic E-state index is 0.0268. The van der Waals surface area contributed by atoms with Gasteiger partial charge in [-0.2, -0.15) is 4.98 Å². The van der Waals surface area contributed by atoms with Crippen molar-refractivity contribution in [1.82, 2.24) is 40.2 Å². The lowest BCUT2D eigenvalue weighted by Gasteiger charge is -2.36. The largest absolute Gasteiger partial charge is 0.483 e. The number of hydrogen-bond donors (Lipinski definition) is 6. The number of carbonyl (C=O) groups excluding carboxylic acids is 8. The first-order valence-corrected chi connectivity index (χ1v) is 27.2. The Balaban J connectivity index is 0.00000320. The summed E-state index contributed by atoms with van der Waals surface area (Å²) in [5.74, 6) is -1.07. The molecule has 78 heavy (non-hydrogen) atoms. The summed E-state index contributed by atoms with van der Waals surface area (Å²) in [6.07, 6.45) is 8.14. The molecule has 0 saturated carbocycles. The molecule has 6 amide bonds. The number of nitrogens with one attached hydrogen (secondary N) is 5. The number of benzene rings is 3. The van der Waals surface area contributed by atoms with Gasteiger partial charge in [0.1, 0.15) is 24.4 Å². The fourth-order valence-corrected chi connectivity index (χ4v) is 8.96. The minimum atomic E-state index is -0.895. The average molecular weight is 1100 g/mol. The van der Waals surface area contributed by atoms with E-state index in [0.29, 0.717) is 57.3 Å². The second-order valence-corrected chi connectivity index (χ2v) is 20.3. The van der Waals surface area contributed by atoms with Crippen LogP contribution in [0.4, 0.5) is 28.8 Å². The first-order valence-electron chi connectivity index (χ1n) is 26.4. The molecule has 3 aromatic carbocycles. The molecule has 2 saturated heterocycles. The SMILES string of the molecule is C=O.CC.Cc1cnc(Nc2ccc(N3CCN(C(=O)CCC(=O)NCCCCCCCCNC(=O)COc4cccc(C=O)c4C(=O)N(C)C4CCC(=O)NC4=O)CC3)cc2)nc1Nc1cccc(SN(O)C(C)(C)C)c1. The molecule has 2 fully saturated rings. The smallest absolute Gasteiger partial charge is 0.258 e. The van der Waals surface area contributed by atoms with Crippen LogP contribution in [0.3, 0.4) is 0 Å². The van der Waals surface area contributed by atoms with Gasteiger partial charge in [-0.25, -0.2) is 4.98 Å². The number of anilines is 5. The van der Waals surface area contributed by atoms with Crippen molar-refractivity contribution >= 4 is 89.3 Å². The van der Waals surface area contributed by atoms with Crippen LogP contribution < -0.4 is 36.2 Å². The summed E-state index contributed by atoms with van der Waals surface area (Å²) in [4.78, 5) is 111. The second-order valence-electron chi connectivity index (χ2n) is 19.3. The van der Waals surface area contributed by atoms with Gasteiger partial charge in [0.15, 0.2) is 12.9 Å². The van der Waals surface area contributed by atoms with E-state index < -0.39 is 35.2 Å². The highest BCUT2D eigenvalue weighted by atomic mass is 32.2. The summed E-state index contributed by atoms with van der Waals surface area (Å²) in [6, 6.07) is 19.3. The number of aryl methyl sites for hydroxylation is 1. The van der Waals surface area contributed by atoms with Crippen molar-refractivity contribution in [3.63, 3.8) is 0 Å². The summed E-state index contributed by atoms with van der Waals surface area (Å²) in [6.45, 7) is 16.8. The van der Waals surface area contributed by atoms with E-state index in [1.165, 1.54) is 46.6 Å². The van der Waals surface area contributed by atoms with Gasteiger partial charge in [-0.05, 0) is 107 Å². The van der Waals surface area contributed by atoms with Gasteiger partial charge in [0, 0.05) is 110 Å². The minimum Gasteiger partial charge on any atom is -0.483 e. The van der Waals surface area contributed by atoms with Crippen molar-refractivity contribution in [1.29, 1.82) is 0 Å². The number of nitrogens with zero attached hydrogens (tertiary/aromatic N) is 6. The third-order valence-electron chi connectivity index (χ3n) is 12.5. The molecule has 4 aromatic rings. The lowest BCUT2D eigenvalue weighted by molar-refractivity contribution is -0.136. The van der Waals surface area contributed by atoms with Gasteiger partial charge in [0.2, 0.25) is 29.6 Å². The van der Waals surface area contributed by atoms with Crippen LogP contribution in [0.2, 0.25) is 0 Å². The zero-order valence-corrected chi connectivity index (χ0v) is 46.8. The van der Waals surface area contributed by atoms with Crippen LogP contribution in [-0.2, 0) is 28.8 Å². The topological polar surface area (TPSA) is 265 Å². The molecular weight excluding hydrogens is 1020 g/mol. The van der Waals surface area contributed by atoms with E-state index in [9.17, 15) is 38.8 Å². The predicted octanol–water partition coefficient (Wildman–Crippen LogP) is 7.38. The molecule has 22 heteroatoms. The summed E-state index contributed by atoms with van der Waals surface area (Å²) in [5, 5.41) is 25.0. The van der Waals surface area contributed by atoms with Gasteiger partial charge >= 0.3 is 0 Å². The number of unbranched alkanes of at least 4 members (excludes halogenated alkanes) is 5. The molecule has 0 spiro atoms. The van der Waals surface area contributed by atoms with Gasteiger partial charge < -0.3 is 50.7 Å². The number of aromatic nitrogens is 2. The second kappa shape index (κ2) is 32.3. The zero-order chi connectivity index (χ0) is 57.2. The average Bonchev–Trinajstić information content (AvgIpc) is 3.44. The Labute approximate surface area is 462 Å². The monoisotopic (exact) mass is 1100 g/mol. The number of aldehydes is 1. The number of hydrogen-bond acceptors (Lipinski definition) is 17. The third kappa shape index (κ3) is 19.9. The summed E-state index contributed by atoms with van der Waals surface area (Å²) in [5.41, 5.74) is 3.14. The number of amides is 6. The van der Waals surface area contributed by atoms with E-state index in [0.717, 1.165) is 66.0 Å².